The molecule has 2 nitrogen and oxygen atoms in total. The number of aryl methyl sites for hydroxylation is 2. The van der Waals surface area contributed by atoms with Crippen molar-refractivity contribution in [2.45, 2.75) is 39.7 Å². The van der Waals surface area contributed by atoms with E-state index in [2.05, 4.69) is 39.0 Å². The molecule has 0 aromatic heterocycles. The van der Waals surface area contributed by atoms with Gasteiger partial charge in [-0.25, -0.2) is 0 Å². The van der Waals surface area contributed by atoms with Crippen LogP contribution in [0.15, 0.2) is 18.2 Å². The van der Waals surface area contributed by atoms with Crippen molar-refractivity contribution >= 4 is 0 Å². The zero-order valence-electron chi connectivity index (χ0n) is 10.6. The van der Waals surface area contributed by atoms with Crippen molar-refractivity contribution in [2.24, 2.45) is 5.73 Å². The third-order valence-electron chi connectivity index (χ3n) is 2.75. The van der Waals surface area contributed by atoms with Crippen LogP contribution >= 0.6 is 0 Å². The van der Waals surface area contributed by atoms with E-state index in [0.717, 1.165) is 26.1 Å². The van der Waals surface area contributed by atoms with Crippen LogP contribution in [0.2, 0.25) is 0 Å². The summed E-state index contributed by atoms with van der Waals surface area (Å²) in [4.78, 5) is 0. The lowest BCUT2D eigenvalue weighted by Gasteiger charge is -2.15. The first-order valence-electron chi connectivity index (χ1n) is 6.05. The molecular formula is C14H23NO. The van der Waals surface area contributed by atoms with Gasteiger partial charge in [0, 0.05) is 19.3 Å². The maximum atomic E-state index is 6.15. The van der Waals surface area contributed by atoms with Gasteiger partial charge in [-0.15, -0.1) is 0 Å². The second kappa shape index (κ2) is 6.66. The molecule has 0 radical (unpaired) electrons. The fourth-order valence-electron chi connectivity index (χ4n) is 1.85. The van der Waals surface area contributed by atoms with Gasteiger partial charge >= 0.3 is 0 Å². The lowest BCUT2D eigenvalue weighted by atomic mass is 9.98. The summed E-state index contributed by atoms with van der Waals surface area (Å²) >= 11 is 0. The van der Waals surface area contributed by atoms with E-state index >= 15 is 0 Å². The fraction of sp³-hybridized carbons (Fsp3) is 0.571. The summed E-state index contributed by atoms with van der Waals surface area (Å²) in [5.41, 5.74) is 9.96. The van der Waals surface area contributed by atoms with Crippen LogP contribution in [0.5, 0.6) is 0 Å². The number of ether oxygens (including phenoxy) is 1. The Kier molecular flexibility index (Phi) is 5.50. The lowest BCUT2D eigenvalue weighted by molar-refractivity contribution is 0.128. The lowest BCUT2D eigenvalue weighted by Crippen LogP contribution is -2.14. The van der Waals surface area contributed by atoms with Crippen LogP contribution in [0.3, 0.4) is 0 Å². The van der Waals surface area contributed by atoms with Gasteiger partial charge in [-0.2, -0.15) is 0 Å². The maximum absolute atomic E-state index is 6.15. The molecular weight excluding hydrogens is 198 g/mol. The van der Waals surface area contributed by atoms with Crippen LogP contribution in [-0.4, -0.2) is 13.2 Å². The van der Waals surface area contributed by atoms with E-state index in [1.165, 1.54) is 16.7 Å². The zero-order valence-corrected chi connectivity index (χ0v) is 10.6. The van der Waals surface area contributed by atoms with E-state index in [4.69, 9.17) is 10.5 Å². The molecule has 1 aromatic rings. The monoisotopic (exact) mass is 221 g/mol. The third kappa shape index (κ3) is 3.95. The Bertz CT molecular complexity index is 323. The van der Waals surface area contributed by atoms with Gasteiger partial charge in [0.05, 0.1) is 0 Å². The molecule has 0 spiro atoms. The Morgan fingerprint density at radius 1 is 1.25 bits per heavy atom. The van der Waals surface area contributed by atoms with E-state index in [1.807, 2.05) is 0 Å². The molecule has 2 N–H and O–H groups in total. The summed E-state index contributed by atoms with van der Waals surface area (Å²) in [6.45, 7) is 7.92. The first-order chi connectivity index (χ1) is 7.65. The van der Waals surface area contributed by atoms with Crippen LogP contribution in [-0.2, 0) is 4.74 Å². The summed E-state index contributed by atoms with van der Waals surface area (Å²) in [5, 5.41) is 0. The van der Waals surface area contributed by atoms with Crippen molar-refractivity contribution in [2.75, 3.05) is 13.2 Å². The molecule has 16 heavy (non-hydrogen) atoms. The van der Waals surface area contributed by atoms with Crippen molar-refractivity contribution in [3.63, 3.8) is 0 Å². The Labute approximate surface area is 98.8 Å². The van der Waals surface area contributed by atoms with Crippen molar-refractivity contribution in [3.8, 4) is 0 Å². The van der Waals surface area contributed by atoms with Crippen molar-refractivity contribution < 1.29 is 4.74 Å². The summed E-state index contributed by atoms with van der Waals surface area (Å²) in [7, 11) is 0. The predicted molar refractivity (Wildman–Crippen MR) is 68.6 cm³/mol. The number of hydrogen-bond donors (Lipinski definition) is 1. The molecule has 2 heteroatoms. The molecule has 0 fully saturated rings. The Hall–Kier alpha value is -0.860. The molecule has 0 bridgehead atoms. The maximum Gasteiger partial charge on any atom is 0.0484 e. The van der Waals surface area contributed by atoms with Crippen LogP contribution in [0.25, 0.3) is 0 Å². The molecule has 0 aliphatic heterocycles. The second-order valence-electron chi connectivity index (χ2n) is 4.37. The van der Waals surface area contributed by atoms with E-state index < -0.39 is 0 Å². The first-order valence-corrected chi connectivity index (χ1v) is 6.05. The molecule has 1 aromatic carbocycles. The van der Waals surface area contributed by atoms with Crippen molar-refractivity contribution in [1.29, 1.82) is 0 Å². The average Bonchev–Trinajstić information content (AvgIpc) is 2.24. The van der Waals surface area contributed by atoms with Crippen LogP contribution < -0.4 is 5.73 Å². The first kappa shape index (κ1) is 13.2. The SMILES string of the molecule is CCCOCCC(N)c1ccc(C)cc1C. The topological polar surface area (TPSA) is 35.2 Å². The molecule has 1 unspecified atom stereocenters. The molecule has 1 rings (SSSR count). The fourth-order valence-corrected chi connectivity index (χ4v) is 1.85. The minimum absolute atomic E-state index is 0.0949. The number of nitrogens with two attached hydrogens (primary N) is 1. The third-order valence-corrected chi connectivity index (χ3v) is 2.75. The second-order valence-corrected chi connectivity index (χ2v) is 4.37. The Morgan fingerprint density at radius 3 is 2.62 bits per heavy atom. The smallest absolute Gasteiger partial charge is 0.0484 e. The highest BCUT2D eigenvalue weighted by Gasteiger charge is 2.08. The highest BCUT2D eigenvalue weighted by molar-refractivity contribution is 5.32. The van der Waals surface area contributed by atoms with Gasteiger partial charge in [0.25, 0.3) is 0 Å². The summed E-state index contributed by atoms with van der Waals surface area (Å²) < 4.78 is 5.46. The van der Waals surface area contributed by atoms with Crippen LogP contribution in [0.1, 0.15) is 42.5 Å². The molecule has 0 saturated carbocycles. The quantitative estimate of drug-likeness (QED) is 0.749. The van der Waals surface area contributed by atoms with Gasteiger partial charge < -0.3 is 10.5 Å². The molecule has 0 aliphatic rings. The summed E-state index contributed by atoms with van der Waals surface area (Å²) in [5.74, 6) is 0. The largest absolute Gasteiger partial charge is 0.381 e. The molecule has 0 heterocycles. The highest BCUT2D eigenvalue weighted by atomic mass is 16.5. The highest BCUT2D eigenvalue weighted by Crippen LogP contribution is 2.19. The minimum Gasteiger partial charge on any atom is -0.381 e. The normalized spacial score (nSPS) is 12.8. The predicted octanol–water partition coefficient (Wildman–Crippen LogP) is 3.12. The Morgan fingerprint density at radius 2 is 2.00 bits per heavy atom. The molecule has 0 saturated heterocycles. The van der Waals surface area contributed by atoms with E-state index in [9.17, 15) is 0 Å². The number of benzene rings is 1. The van der Waals surface area contributed by atoms with Crippen LogP contribution in [0.4, 0.5) is 0 Å². The number of rotatable bonds is 6. The minimum atomic E-state index is 0.0949. The van der Waals surface area contributed by atoms with E-state index in [-0.39, 0.29) is 6.04 Å². The van der Waals surface area contributed by atoms with Gasteiger partial charge in [0.1, 0.15) is 0 Å². The van der Waals surface area contributed by atoms with E-state index in [0.29, 0.717) is 0 Å². The molecule has 90 valence electrons. The van der Waals surface area contributed by atoms with Gasteiger partial charge in [0.2, 0.25) is 0 Å². The van der Waals surface area contributed by atoms with Crippen molar-refractivity contribution in [1.82, 2.24) is 0 Å². The summed E-state index contributed by atoms with van der Waals surface area (Å²) in [6, 6.07) is 6.53. The standard InChI is InChI=1S/C14H23NO/c1-4-8-16-9-7-14(15)13-6-5-11(2)10-12(13)3/h5-6,10,14H,4,7-9,15H2,1-3H3. The van der Waals surface area contributed by atoms with Gasteiger partial charge in [-0.3, -0.25) is 0 Å². The van der Waals surface area contributed by atoms with E-state index in [1.54, 1.807) is 0 Å². The summed E-state index contributed by atoms with van der Waals surface area (Å²) in [6.07, 6.45) is 1.96. The molecule has 0 amide bonds. The van der Waals surface area contributed by atoms with Crippen LogP contribution in [0, 0.1) is 13.8 Å². The van der Waals surface area contributed by atoms with Gasteiger partial charge in [0.15, 0.2) is 0 Å². The number of hydrogen-bond acceptors (Lipinski definition) is 2. The molecule has 1 atom stereocenters. The zero-order chi connectivity index (χ0) is 12.0. The molecule has 0 aliphatic carbocycles. The Balaban J connectivity index is 2.49. The average molecular weight is 221 g/mol. The van der Waals surface area contributed by atoms with Gasteiger partial charge in [-0.05, 0) is 37.8 Å². The van der Waals surface area contributed by atoms with Gasteiger partial charge in [-0.1, -0.05) is 30.7 Å². The van der Waals surface area contributed by atoms with Crippen molar-refractivity contribution in [3.05, 3.63) is 34.9 Å².